The average Bonchev–Trinajstić information content (AvgIpc) is 2.85. The maximum atomic E-state index is 12.5. The van der Waals surface area contributed by atoms with Gasteiger partial charge < -0.3 is 9.15 Å². The third-order valence-electron chi connectivity index (χ3n) is 5.94. The molecule has 2 aliphatic carbocycles. The van der Waals surface area contributed by atoms with Crippen molar-refractivity contribution < 1.29 is 18.7 Å². The minimum Gasteiger partial charge on any atom is -0.469 e. The SMILES string of the molecule is CC(=O)OCC1(CCCc2ccco2)C2C(=O)C=C[C@]21[Si](C)(C)C. The van der Waals surface area contributed by atoms with E-state index in [2.05, 4.69) is 25.7 Å². The third-order valence-corrected chi connectivity index (χ3v) is 9.38. The molecule has 0 amide bonds. The monoisotopic (exact) mass is 346 g/mol. The standard InChI is InChI=1S/C19H26O4Si/c1-14(20)23-13-18(10-5-7-15-8-6-12-22-15)17-16(21)9-11-19(17,18)24(2,3)4/h6,8-9,11-12,17H,5,7,10,13H2,1-4H3/t17?,18?,19-/m0/s1. The highest BCUT2D eigenvalue weighted by Gasteiger charge is 2.82. The van der Waals surface area contributed by atoms with Crippen molar-refractivity contribution in [1.82, 2.24) is 0 Å². The number of carbonyl (C=O) groups is 2. The molecule has 2 aliphatic rings. The van der Waals surface area contributed by atoms with Crippen molar-refractivity contribution in [3.63, 3.8) is 0 Å². The van der Waals surface area contributed by atoms with Crippen LogP contribution in [0.25, 0.3) is 0 Å². The highest BCUT2D eigenvalue weighted by Crippen LogP contribution is 2.84. The summed E-state index contributed by atoms with van der Waals surface area (Å²) in [6.07, 6.45) is 8.24. The van der Waals surface area contributed by atoms with Crippen LogP contribution in [0.1, 0.15) is 25.5 Å². The summed E-state index contributed by atoms with van der Waals surface area (Å²) in [5.74, 6) is 0.898. The summed E-state index contributed by atoms with van der Waals surface area (Å²) in [6.45, 7) is 8.72. The van der Waals surface area contributed by atoms with Gasteiger partial charge in [0.05, 0.1) is 20.9 Å². The molecule has 2 unspecified atom stereocenters. The molecule has 1 fully saturated rings. The van der Waals surface area contributed by atoms with Crippen LogP contribution < -0.4 is 0 Å². The molecule has 0 N–H and O–H groups in total. The maximum absolute atomic E-state index is 12.5. The van der Waals surface area contributed by atoms with Crippen LogP contribution in [0.3, 0.4) is 0 Å². The Bertz CT molecular complexity index is 670. The van der Waals surface area contributed by atoms with Gasteiger partial charge in [0.25, 0.3) is 0 Å². The Morgan fingerprint density at radius 2 is 2.12 bits per heavy atom. The van der Waals surface area contributed by atoms with Crippen LogP contribution >= 0.6 is 0 Å². The summed E-state index contributed by atoms with van der Waals surface area (Å²) >= 11 is 0. The van der Waals surface area contributed by atoms with Crippen LogP contribution in [0.15, 0.2) is 35.0 Å². The number of esters is 1. The number of allylic oxidation sites excluding steroid dienone is 2. The van der Waals surface area contributed by atoms with Crippen molar-refractivity contribution in [3.05, 3.63) is 36.3 Å². The van der Waals surface area contributed by atoms with Crippen molar-refractivity contribution in [2.75, 3.05) is 6.61 Å². The number of ketones is 1. The molecule has 1 aromatic rings. The Morgan fingerprint density at radius 1 is 1.38 bits per heavy atom. The highest BCUT2D eigenvalue weighted by molar-refractivity contribution is 6.81. The van der Waals surface area contributed by atoms with Crippen LogP contribution in [-0.2, 0) is 20.7 Å². The number of carbonyl (C=O) groups excluding carboxylic acids is 2. The van der Waals surface area contributed by atoms with Gasteiger partial charge >= 0.3 is 5.97 Å². The quantitative estimate of drug-likeness (QED) is 0.553. The zero-order valence-electron chi connectivity index (χ0n) is 14.9. The van der Waals surface area contributed by atoms with E-state index in [1.165, 1.54) is 6.92 Å². The summed E-state index contributed by atoms with van der Waals surface area (Å²) in [5.41, 5.74) is -0.221. The number of hydrogen-bond donors (Lipinski definition) is 0. The molecule has 130 valence electrons. The number of rotatable bonds is 7. The van der Waals surface area contributed by atoms with E-state index < -0.39 is 8.07 Å². The van der Waals surface area contributed by atoms with Crippen molar-refractivity contribution in [3.8, 4) is 0 Å². The molecule has 24 heavy (non-hydrogen) atoms. The maximum Gasteiger partial charge on any atom is 0.302 e. The van der Waals surface area contributed by atoms with Crippen LogP contribution in [0.4, 0.5) is 0 Å². The number of furan rings is 1. The van der Waals surface area contributed by atoms with Gasteiger partial charge in [-0.15, -0.1) is 0 Å². The largest absolute Gasteiger partial charge is 0.469 e. The summed E-state index contributed by atoms with van der Waals surface area (Å²) in [7, 11) is -1.66. The van der Waals surface area contributed by atoms with E-state index in [0.29, 0.717) is 6.61 Å². The van der Waals surface area contributed by atoms with Crippen LogP contribution in [0.2, 0.25) is 24.7 Å². The molecular weight excluding hydrogens is 320 g/mol. The van der Waals surface area contributed by atoms with E-state index in [9.17, 15) is 9.59 Å². The molecule has 1 aromatic heterocycles. The van der Waals surface area contributed by atoms with Gasteiger partial charge in [-0.1, -0.05) is 25.7 Å². The lowest BCUT2D eigenvalue weighted by molar-refractivity contribution is -0.143. The van der Waals surface area contributed by atoms with Gasteiger partial charge in [0.2, 0.25) is 0 Å². The number of fused-ring (bicyclic) bond motifs is 1. The molecule has 4 nitrogen and oxygen atoms in total. The van der Waals surface area contributed by atoms with Gasteiger partial charge in [-0.2, -0.15) is 0 Å². The predicted octanol–water partition coefficient (Wildman–Crippen LogP) is 4.00. The van der Waals surface area contributed by atoms with Gasteiger partial charge in [0, 0.05) is 29.7 Å². The number of ether oxygens (including phenoxy) is 1. The first-order valence-corrected chi connectivity index (χ1v) is 12.1. The smallest absolute Gasteiger partial charge is 0.302 e. The minimum absolute atomic E-state index is 0.00684. The number of hydrogen-bond acceptors (Lipinski definition) is 4. The van der Waals surface area contributed by atoms with Crippen molar-refractivity contribution in [2.24, 2.45) is 11.3 Å². The van der Waals surface area contributed by atoms with Gasteiger partial charge in [-0.05, 0) is 31.1 Å². The fraction of sp³-hybridized carbons (Fsp3) is 0.579. The fourth-order valence-corrected chi connectivity index (χ4v) is 8.64. The summed E-state index contributed by atoms with van der Waals surface area (Å²) < 4.78 is 10.9. The van der Waals surface area contributed by atoms with E-state index in [1.807, 2.05) is 12.1 Å². The summed E-state index contributed by atoms with van der Waals surface area (Å²) in [4.78, 5) is 23.9. The van der Waals surface area contributed by atoms with Gasteiger partial charge in [0.15, 0.2) is 5.78 Å². The fourth-order valence-electron chi connectivity index (χ4n) is 5.01. The third kappa shape index (κ3) is 2.41. The predicted molar refractivity (Wildman–Crippen MR) is 94.4 cm³/mol. The first kappa shape index (κ1) is 17.2. The summed E-state index contributed by atoms with van der Waals surface area (Å²) in [5, 5.41) is -0.0737. The van der Waals surface area contributed by atoms with E-state index in [1.54, 1.807) is 12.3 Å². The molecule has 3 atom stereocenters. The lowest BCUT2D eigenvalue weighted by atomic mass is 9.91. The molecule has 3 rings (SSSR count). The first-order valence-electron chi connectivity index (χ1n) is 8.63. The molecule has 1 heterocycles. The van der Waals surface area contributed by atoms with Crippen molar-refractivity contribution >= 4 is 19.8 Å². The molecule has 0 aliphatic heterocycles. The lowest BCUT2D eigenvalue weighted by Crippen LogP contribution is -2.34. The lowest BCUT2D eigenvalue weighted by Gasteiger charge is -2.32. The van der Waals surface area contributed by atoms with Crippen LogP contribution in [-0.4, -0.2) is 26.4 Å². The second-order valence-electron chi connectivity index (χ2n) is 8.16. The van der Waals surface area contributed by atoms with Gasteiger partial charge in [0.1, 0.15) is 5.76 Å². The van der Waals surface area contributed by atoms with E-state index in [4.69, 9.17) is 9.15 Å². The molecule has 0 spiro atoms. The normalized spacial score (nSPS) is 31.2. The highest BCUT2D eigenvalue weighted by atomic mass is 28.3. The van der Waals surface area contributed by atoms with Crippen LogP contribution in [0.5, 0.6) is 0 Å². The molecule has 5 heteroatoms. The Hall–Kier alpha value is -1.62. The first-order chi connectivity index (χ1) is 11.2. The molecule has 0 saturated heterocycles. The molecule has 0 bridgehead atoms. The van der Waals surface area contributed by atoms with E-state index in [-0.39, 0.29) is 28.1 Å². The summed E-state index contributed by atoms with van der Waals surface area (Å²) in [6, 6.07) is 3.87. The second-order valence-corrected chi connectivity index (χ2v) is 13.5. The molecular formula is C19H26O4Si. The zero-order chi connectivity index (χ0) is 17.6. The second kappa shape index (κ2) is 5.72. The van der Waals surface area contributed by atoms with Crippen LogP contribution in [0, 0.1) is 11.3 Å². The Kier molecular flexibility index (Phi) is 4.10. The minimum atomic E-state index is -1.66. The molecule has 1 saturated carbocycles. The Labute approximate surface area is 144 Å². The van der Waals surface area contributed by atoms with E-state index >= 15 is 0 Å². The van der Waals surface area contributed by atoms with Crippen molar-refractivity contribution in [2.45, 2.75) is 50.9 Å². The van der Waals surface area contributed by atoms with Gasteiger partial charge in [-0.3, -0.25) is 9.59 Å². The molecule has 0 aromatic carbocycles. The van der Waals surface area contributed by atoms with E-state index in [0.717, 1.165) is 25.0 Å². The van der Waals surface area contributed by atoms with Crippen molar-refractivity contribution in [1.29, 1.82) is 0 Å². The van der Waals surface area contributed by atoms with Gasteiger partial charge in [-0.25, -0.2) is 0 Å². The Balaban J connectivity index is 1.82. The molecule has 0 radical (unpaired) electrons. The zero-order valence-corrected chi connectivity index (χ0v) is 15.9. The number of aryl methyl sites for hydroxylation is 1. The Morgan fingerprint density at radius 3 is 2.67 bits per heavy atom. The topological polar surface area (TPSA) is 56.5 Å². The average molecular weight is 346 g/mol.